The fourth-order valence-corrected chi connectivity index (χ4v) is 3.47. The molecule has 0 aromatic heterocycles. The van der Waals surface area contributed by atoms with Crippen LogP contribution in [0.4, 0.5) is 11.4 Å². The van der Waals surface area contributed by atoms with Crippen LogP contribution in [0.2, 0.25) is 5.02 Å². The molecule has 6 nitrogen and oxygen atoms in total. The van der Waals surface area contributed by atoms with Crippen LogP contribution in [0.5, 0.6) is 11.5 Å². The van der Waals surface area contributed by atoms with Gasteiger partial charge in [0.05, 0.1) is 24.9 Å². The van der Waals surface area contributed by atoms with Gasteiger partial charge in [0.1, 0.15) is 18.0 Å². The molecule has 0 saturated heterocycles. The molecule has 1 aliphatic rings. The summed E-state index contributed by atoms with van der Waals surface area (Å²) in [6.07, 6.45) is 0.806. The average molecular weight is 389 g/mol. The van der Waals surface area contributed by atoms with Crippen LogP contribution in [-0.2, 0) is 16.0 Å². The van der Waals surface area contributed by atoms with Crippen molar-refractivity contribution < 1.29 is 19.1 Å². The molecular weight excluding hydrogens is 368 g/mol. The van der Waals surface area contributed by atoms with E-state index in [1.54, 1.807) is 17.0 Å². The van der Waals surface area contributed by atoms with Crippen molar-refractivity contribution in [3.05, 3.63) is 47.0 Å². The second kappa shape index (κ2) is 7.88. The summed E-state index contributed by atoms with van der Waals surface area (Å²) >= 11 is 6.15. The SMILES string of the molecule is COc1cc(N(CC(=O)N2CCc3ccccc32)C(C)=O)c(OC)cc1Cl. The lowest BCUT2D eigenvalue weighted by molar-refractivity contribution is -0.121. The van der Waals surface area contributed by atoms with Gasteiger partial charge in [-0.05, 0) is 18.1 Å². The number of carbonyl (C=O) groups is 2. The minimum atomic E-state index is -0.279. The number of carbonyl (C=O) groups excluding carboxylic acids is 2. The van der Waals surface area contributed by atoms with Gasteiger partial charge in [0, 0.05) is 31.3 Å². The molecule has 0 atom stereocenters. The maximum atomic E-state index is 13.0. The van der Waals surface area contributed by atoms with Gasteiger partial charge < -0.3 is 14.4 Å². The number of para-hydroxylation sites is 1. The fourth-order valence-electron chi connectivity index (χ4n) is 3.24. The first-order valence-electron chi connectivity index (χ1n) is 8.54. The summed E-state index contributed by atoms with van der Waals surface area (Å²) in [5.41, 5.74) is 2.46. The number of halogens is 1. The summed E-state index contributed by atoms with van der Waals surface area (Å²) in [7, 11) is 2.97. The maximum absolute atomic E-state index is 13.0. The van der Waals surface area contributed by atoms with Gasteiger partial charge in [-0.2, -0.15) is 0 Å². The highest BCUT2D eigenvalue weighted by atomic mass is 35.5. The zero-order valence-electron chi connectivity index (χ0n) is 15.5. The third kappa shape index (κ3) is 3.71. The first-order valence-corrected chi connectivity index (χ1v) is 8.92. The van der Waals surface area contributed by atoms with Crippen molar-refractivity contribution in [2.24, 2.45) is 0 Å². The summed E-state index contributed by atoms with van der Waals surface area (Å²) in [4.78, 5) is 28.4. The molecule has 0 aliphatic carbocycles. The van der Waals surface area contributed by atoms with Crippen molar-refractivity contribution >= 4 is 34.8 Å². The average Bonchev–Trinajstić information content (AvgIpc) is 3.10. The van der Waals surface area contributed by atoms with Crippen LogP contribution < -0.4 is 19.3 Å². The van der Waals surface area contributed by atoms with Crippen LogP contribution in [0.15, 0.2) is 36.4 Å². The Kier molecular flexibility index (Phi) is 5.56. The van der Waals surface area contributed by atoms with E-state index in [4.69, 9.17) is 21.1 Å². The number of fused-ring (bicyclic) bond motifs is 1. The van der Waals surface area contributed by atoms with Gasteiger partial charge in [0.25, 0.3) is 0 Å². The van der Waals surface area contributed by atoms with Gasteiger partial charge in [-0.3, -0.25) is 14.5 Å². The highest BCUT2D eigenvalue weighted by molar-refractivity contribution is 6.32. The summed E-state index contributed by atoms with van der Waals surface area (Å²) in [5.74, 6) is 0.355. The number of hydrogen-bond donors (Lipinski definition) is 0. The Morgan fingerprint density at radius 3 is 2.52 bits per heavy atom. The Morgan fingerprint density at radius 1 is 1.15 bits per heavy atom. The lowest BCUT2D eigenvalue weighted by Gasteiger charge is -2.26. The van der Waals surface area contributed by atoms with Gasteiger partial charge in [-0.1, -0.05) is 29.8 Å². The zero-order chi connectivity index (χ0) is 19.6. The molecule has 142 valence electrons. The maximum Gasteiger partial charge on any atom is 0.247 e. The van der Waals surface area contributed by atoms with E-state index in [-0.39, 0.29) is 18.4 Å². The lowest BCUT2D eigenvalue weighted by atomic mass is 10.2. The molecule has 1 aliphatic heterocycles. The minimum absolute atomic E-state index is 0.106. The van der Waals surface area contributed by atoms with E-state index < -0.39 is 0 Å². The topological polar surface area (TPSA) is 59.1 Å². The van der Waals surface area contributed by atoms with E-state index in [2.05, 4.69) is 0 Å². The third-order valence-corrected chi connectivity index (χ3v) is 4.90. The van der Waals surface area contributed by atoms with Crippen molar-refractivity contribution in [1.82, 2.24) is 0 Å². The molecule has 1 heterocycles. The molecule has 0 fully saturated rings. The minimum Gasteiger partial charge on any atom is -0.495 e. The molecule has 0 unspecified atom stereocenters. The number of nitrogens with zero attached hydrogens (tertiary/aromatic N) is 2. The molecule has 7 heteroatoms. The Balaban J connectivity index is 1.92. The molecule has 3 rings (SSSR count). The van der Waals surface area contributed by atoms with E-state index in [0.717, 1.165) is 17.7 Å². The summed E-state index contributed by atoms with van der Waals surface area (Å²) in [6.45, 7) is 1.90. The molecular formula is C20H21ClN2O4. The Hall–Kier alpha value is -2.73. The number of anilines is 2. The smallest absolute Gasteiger partial charge is 0.247 e. The fraction of sp³-hybridized carbons (Fsp3) is 0.300. The third-order valence-electron chi connectivity index (χ3n) is 4.61. The summed E-state index contributed by atoms with van der Waals surface area (Å²) < 4.78 is 10.6. The van der Waals surface area contributed by atoms with Gasteiger partial charge in [0.2, 0.25) is 11.8 Å². The van der Waals surface area contributed by atoms with Crippen molar-refractivity contribution in [3.8, 4) is 11.5 Å². The van der Waals surface area contributed by atoms with Crippen molar-refractivity contribution in [1.29, 1.82) is 0 Å². The number of amides is 2. The first kappa shape index (κ1) is 19.0. The highest BCUT2D eigenvalue weighted by Gasteiger charge is 2.28. The van der Waals surface area contributed by atoms with Gasteiger partial charge >= 0.3 is 0 Å². The predicted molar refractivity (Wildman–Crippen MR) is 105 cm³/mol. The second-order valence-electron chi connectivity index (χ2n) is 6.19. The normalized spacial score (nSPS) is 12.5. The number of ether oxygens (including phenoxy) is 2. The molecule has 0 saturated carbocycles. The van der Waals surface area contributed by atoms with E-state index in [9.17, 15) is 9.59 Å². The van der Waals surface area contributed by atoms with Crippen LogP contribution in [-0.4, -0.2) is 39.1 Å². The molecule has 2 aromatic carbocycles. The molecule has 0 spiro atoms. The summed E-state index contributed by atoms with van der Waals surface area (Å²) in [5, 5.41) is 0.362. The van der Waals surface area contributed by atoms with Crippen LogP contribution in [0.3, 0.4) is 0 Å². The van der Waals surface area contributed by atoms with Crippen molar-refractivity contribution in [3.63, 3.8) is 0 Å². The molecule has 2 amide bonds. The van der Waals surface area contributed by atoms with Crippen molar-refractivity contribution in [2.75, 3.05) is 37.1 Å². The Labute approximate surface area is 163 Å². The Bertz CT molecular complexity index is 884. The highest BCUT2D eigenvalue weighted by Crippen LogP contribution is 2.38. The van der Waals surface area contributed by atoms with Gasteiger partial charge in [0.15, 0.2) is 0 Å². The van der Waals surface area contributed by atoms with Crippen LogP contribution >= 0.6 is 11.6 Å². The molecule has 0 radical (unpaired) electrons. The van der Waals surface area contributed by atoms with Crippen LogP contribution in [0.1, 0.15) is 12.5 Å². The van der Waals surface area contributed by atoms with E-state index in [0.29, 0.717) is 28.8 Å². The second-order valence-corrected chi connectivity index (χ2v) is 6.60. The van der Waals surface area contributed by atoms with E-state index in [1.165, 1.54) is 26.0 Å². The van der Waals surface area contributed by atoms with Crippen molar-refractivity contribution in [2.45, 2.75) is 13.3 Å². The lowest BCUT2D eigenvalue weighted by Crippen LogP contribution is -2.42. The predicted octanol–water partition coefficient (Wildman–Crippen LogP) is 3.30. The monoisotopic (exact) mass is 388 g/mol. The molecule has 0 N–H and O–H groups in total. The first-order chi connectivity index (χ1) is 13.0. The largest absolute Gasteiger partial charge is 0.495 e. The standard InChI is InChI=1S/C20H21ClN2O4/c1-13(24)23(17-11-18(26-2)15(21)10-19(17)27-3)12-20(25)22-9-8-14-6-4-5-7-16(14)22/h4-7,10-11H,8-9,12H2,1-3H3. The van der Waals surface area contributed by atoms with Gasteiger partial charge in [-0.25, -0.2) is 0 Å². The molecule has 27 heavy (non-hydrogen) atoms. The van der Waals surface area contributed by atoms with Crippen LogP contribution in [0, 0.1) is 0 Å². The van der Waals surface area contributed by atoms with E-state index >= 15 is 0 Å². The Morgan fingerprint density at radius 2 is 1.85 bits per heavy atom. The van der Waals surface area contributed by atoms with Crippen LogP contribution in [0.25, 0.3) is 0 Å². The zero-order valence-corrected chi connectivity index (χ0v) is 16.2. The van der Waals surface area contributed by atoms with Gasteiger partial charge in [-0.15, -0.1) is 0 Å². The summed E-state index contributed by atoms with van der Waals surface area (Å²) in [6, 6.07) is 11.0. The number of benzene rings is 2. The quantitative estimate of drug-likeness (QED) is 0.788. The molecule has 0 bridgehead atoms. The number of rotatable bonds is 5. The number of hydrogen-bond acceptors (Lipinski definition) is 4. The number of methoxy groups -OCH3 is 2. The van der Waals surface area contributed by atoms with E-state index in [1.807, 2.05) is 24.3 Å². The molecule has 2 aromatic rings.